The van der Waals surface area contributed by atoms with Gasteiger partial charge in [0.05, 0.1) is 0 Å². The second kappa shape index (κ2) is 8.74. The van der Waals surface area contributed by atoms with Crippen LogP contribution in [0.15, 0.2) is 0 Å². The SMILES string of the molecule is C[C@H]1CCCN(CCC(=O)N(C)CCN2CCCCC2)C1. The summed E-state index contributed by atoms with van der Waals surface area (Å²) in [5.74, 6) is 1.11. The van der Waals surface area contributed by atoms with E-state index in [4.69, 9.17) is 0 Å². The van der Waals surface area contributed by atoms with Crippen molar-refractivity contribution < 1.29 is 4.79 Å². The topological polar surface area (TPSA) is 26.8 Å². The number of nitrogens with zero attached hydrogens (tertiary/aromatic N) is 3. The van der Waals surface area contributed by atoms with Gasteiger partial charge in [0, 0.05) is 39.6 Å². The van der Waals surface area contributed by atoms with Gasteiger partial charge >= 0.3 is 0 Å². The number of carbonyl (C=O) groups excluding carboxylic acids is 1. The summed E-state index contributed by atoms with van der Waals surface area (Å²) in [6, 6.07) is 0. The van der Waals surface area contributed by atoms with Gasteiger partial charge in [-0.25, -0.2) is 0 Å². The molecular weight excluding hydrogens is 262 g/mol. The van der Waals surface area contributed by atoms with Crippen LogP contribution >= 0.6 is 0 Å². The minimum Gasteiger partial charge on any atom is -0.344 e. The summed E-state index contributed by atoms with van der Waals surface area (Å²) < 4.78 is 0. The normalized spacial score (nSPS) is 25.0. The molecule has 21 heavy (non-hydrogen) atoms. The number of rotatable bonds is 6. The minimum absolute atomic E-state index is 0.310. The minimum atomic E-state index is 0.310. The van der Waals surface area contributed by atoms with E-state index in [2.05, 4.69) is 16.7 Å². The highest BCUT2D eigenvalue weighted by Crippen LogP contribution is 2.15. The molecule has 1 atom stereocenters. The van der Waals surface area contributed by atoms with Gasteiger partial charge in [-0.2, -0.15) is 0 Å². The molecular formula is C17H33N3O. The van der Waals surface area contributed by atoms with E-state index in [1.807, 2.05) is 11.9 Å². The highest BCUT2D eigenvalue weighted by Gasteiger charge is 2.18. The molecule has 0 spiro atoms. The number of piperidine rings is 2. The second-order valence-electron chi connectivity index (χ2n) is 7.02. The fourth-order valence-electron chi connectivity index (χ4n) is 3.53. The zero-order chi connectivity index (χ0) is 15.1. The molecule has 0 aromatic heterocycles. The first kappa shape index (κ1) is 16.8. The summed E-state index contributed by atoms with van der Waals surface area (Å²) >= 11 is 0. The van der Waals surface area contributed by atoms with Crippen LogP contribution < -0.4 is 0 Å². The number of hydrogen-bond donors (Lipinski definition) is 0. The third-order valence-corrected chi connectivity index (χ3v) is 5.01. The lowest BCUT2D eigenvalue weighted by Crippen LogP contribution is -2.40. The van der Waals surface area contributed by atoms with Crippen LogP contribution in [0.4, 0.5) is 0 Å². The molecule has 4 nitrogen and oxygen atoms in total. The molecule has 2 aliphatic heterocycles. The van der Waals surface area contributed by atoms with Gasteiger partial charge in [0.1, 0.15) is 0 Å². The second-order valence-corrected chi connectivity index (χ2v) is 7.02. The maximum atomic E-state index is 12.2. The Kier molecular flexibility index (Phi) is 6.97. The summed E-state index contributed by atoms with van der Waals surface area (Å²) in [5.41, 5.74) is 0. The van der Waals surface area contributed by atoms with E-state index >= 15 is 0 Å². The zero-order valence-electron chi connectivity index (χ0n) is 14.0. The molecule has 2 fully saturated rings. The average Bonchev–Trinajstić information content (AvgIpc) is 2.51. The molecule has 2 heterocycles. The predicted octanol–water partition coefficient (Wildman–Crippen LogP) is 2.05. The summed E-state index contributed by atoms with van der Waals surface area (Å²) in [4.78, 5) is 19.1. The quantitative estimate of drug-likeness (QED) is 0.750. The number of likely N-dealkylation sites (tertiary alicyclic amines) is 2. The van der Waals surface area contributed by atoms with Crippen LogP contribution in [0.1, 0.15) is 45.4 Å². The van der Waals surface area contributed by atoms with Crippen molar-refractivity contribution in [3.8, 4) is 0 Å². The first-order valence-corrected chi connectivity index (χ1v) is 8.84. The van der Waals surface area contributed by atoms with E-state index in [-0.39, 0.29) is 0 Å². The molecule has 2 aliphatic rings. The maximum Gasteiger partial charge on any atom is 0.223 e. The molecule has 122 valence electrons. The summed E-state index contributed by atoms with van der Waals surface area (Å²) in [6.45, 7) is 9.97. The van der Waals surface area contributed by atoms with Crippen LogP contribution in [0.3, 0.4) is 0 Å². The van der Waals surface area contributed by atoms with Gasteiger partial charge in [0.2, 0.25) is 5.91 Å². The first-order chi connectivity index (χ1) is 10.1. The molecule has 0 N–H and O–H groups in total. The Balaban J connectivity index is 1.60. The van der Waals surface area contributed by atoms with Crippen molar-refractivity contribution in [3.05, 3.63) is 0 Å². The van der Waals surface area contributed by atoms with Crippen LogP contribution in [0.2, 0.25) is 0 Å². The highest BCUT2D eigenvalue weighted by molar-refractivity contribution is 5.76. The van der Waals surface area contributed by atoms with E-state index < -0.39 is 0 Å². The molecule has 2 saturated heterocycles. The molecule has 1 amide bonds. The Labute approximate surface area is 130 Å². The van der Waals surface area contributed by atoms with Crippen LogP contribution in [-0.2, 0) is 4.79 Å². The van der Waals surface area contributed by atoms with Crippen molar-refractivity contribution in [2.45, 2.75) is 45.4 Å². The Morgan fingerprint density at radius 2 is 1.76 bits per heavy atom. The van der Waals surface area contributed by atoms with Crippen LogP contribution in [0.5, 0.6) is 0 Å². The van der Waals surface area contributed by atoms with Gasteiger partial charge in [-0.1, -0.05) is 13.3 Å². The van der Waals surface area contributed by atoms with Crippen molar-refractivity contribution in [2.24, 2.45) is 5.92 Å². The van der Waals surface area contributed by atoms with Gasteiger partial charge in [-0.15, -0.1) is 0 Å². The predicted molar refractivity (Wildman–Crippen MR) is 87.4 cm³/mol. The maximum absolute atomic E-state index is 12.2. The third-order valence-electron chi connectivity index (χ3n) is 5.01. The molecule has 0 radical (unpaired) electrons. The molecule has 4 heteroatoms. The summed E-state index contributed by atoms with van der Waals surface area (Å²) in [5, 5.41) is 0. The lowest BCUT2D eigenvalue weighted by Gasteiger charge is -2.31. The van der Waals surface area contributed by atoms with E-state index in [0.717, 1.165) is 25.6 Å². The summed E-state index contributed by atoms with van der Waals surface area (Å²) in [6.07, 6.45) is 7.35. The first-order valence-electron chi connectivity index (χ1n) is 8.84. The molecule has 0 aromatic carbocycles. The zero-order valence-corrected chi connectivity index (χ0v) is 14.0. The lowest BCUT2D eigenvalue weighted by atomic mass is 10.0. The van der Waals surface area contributed by atoms with E-state index in [9.17, 15) is 4.79 Å². The van der Waals surface area contributed by atoms with Gasteiger partial charge in [-0.05, 0) is 51.2 Å². The fourth-order valence-corrected chi connectivity index (χ4v) is 3.53. The van der Waals surface area contributed by atoms with Crippen molar-refractivity contribution in [1.29, 1.82) is 0 Å². The number of carbonyl (C=O) groups is 1. The summed E-state index contributed by atoms with van der Waals surface area (Å²) in [7, 11) is 1.96. The van der Waals surface area contributed by atoms with Crippen LogP contribution in [0.25, 0.3) is 0 Å². The Hall–Kier alpha value is -0.610. The van der Waals surface area contributed by atoms with E-state index in [0.29, 0.717) is 12.3 Å². The van der Waals surface area contributed by atoms with E-state index in [1.165, 1.54) is 58.3 Å². The molecule has 0 unspecified atom stereocenters. The number of amides is 1. The molecule has 0 bridgehead atoms. The Morgan fingerprint density at radius 1 is 1.05 bits per heavy atom. The third kappa shape index (κ3) is 5.95. The molecule has 0 aliphatic carbocycles. The standard InChI is InChI=1S/C17H33N3O/c1-16-7-6-11-20(15-16)12-8-17(21)18(2)13-14-19-9-4-3-5-10-19/h16H,3-15H2,1-2H3/t16-/m0/s1. The van der Waals surface area contributed by atoms with Gasteiger partial charge in [0.15, 0.2) is 0 Å². The highest BCUT2D eigenvalue weighted by atomic mass is 16.2. The Morgan fingerprint density at radius 3 is 2.48 bits per heavy atom. The number of likely N-dealkylation sites (N-methyl/N-ethyl adjacent to an activating group) is 1. The van der Waals surface area contributed by atoms with Crippen molar-refractivity contribution in [1.82, 2.24) is 14.7 Å². The van der Waals surface area contributed by atoms with Gasteiger partial charge in [-0.3, -0.25) is 4.79 Å². The van der Waals surface area contributed by atoms with E-state index in [1.54, 1.807) is 0 Å². The van der Waals surface area contributed by atoms with Crippen molar-refractivity contribution in [2.75, 3.05) is 52.9 Å². The molecule has 2 rings (SSSR count). The average molecular weight is 295 g/mol. The Bertz CT molecular complexity index is 315. The van der Waals surface area contributed by atoms with Gasteiger partial charge in [0.25, 0.3) is 0 Å². The fraction of sp³-hybridized carbons (Fsp3) is 0.941. The van der Waals surface area contributed by atoms with Crippen LogP contribution in [-0.4, -0.2) is 73.5 Å². The van der Waals surface area contributed by atoms with Crippen molar-refractivity contribution >= 4 is 5.91 Å². The molecule has 0 saturated carbocycles. The largest absolute Gasteiger partial charge is 0.344 e. The van der Waals surface area contributed by atoms with Crippen molar-refractivity contribution in [3.63, 3.8) is 0 Å². The number of hydrogen-bond acceptors (Lipinski definition) is 3. The van der Waals surface area contributed by atoms with Gasteiger partial charge < -0.3 is 14.7 Å². The van der Waals surface area contributed by atoms with Crippen LogP contribution in [0, 0.1) is 5.92 Å². The smallest absolute Gasteiger partial charge is 0.223 e. The monoisotopic (exact) mass is 295 g/mol. The molecule has 0 aromatic rings. The lowest BCUT2D eigenvalue weighted by molar-refractivity contribution is -0.130.